The molecular formula is C19H26N4S. The molecule has 3 rings (SSSR count). The molecule has 128 valence electrons. The van der Waals surface area contributed by atoms with Crippen LogP contribution in [0.15, 0.2) is 29.4 Å². The number of aliphatic imine (C=N–C) groups is 1. The number of fused-ring (bicyclic) bond motifs is 1. The molecule has 1 aliphatic rings. The molecule has 1 aromatic carbocycles. The lowest BCUT2D eigenvalue weighted by Crippen LogP contribution is -2.38. The molecule has 4 nitrogen and oxygen atoms in total. The van der Waals surface area contributed by atoms with Crippen LogP contribution in [0.4, 0.5) is 0 Å². The molecular weight excluding hydrogens is 316 g/mol. The van der Waals surface area contributed by atoms with Gasteiger partial charge >= 0.3 is 0 Å². The minimum absolute atomic E-state index is 0.721. The number of nitrogens with one attached hydrogen (secondary N) is 2. The second-order valence-electron chi connectivity index (χ2n) is 6.19. The molecule has 1 aliphatic carbocycles. The van der Waals surface area contributed by atoms with Gasteiger partial charge in [0.2, 0.25) is 0 Å². The standard InChI is InChI=1S/C19H26N4S/c1-3-20-19(21-10-9-18-22-12-14(2)24-18)23-13-15-7-8-16-5-4-6-17(16)11-15/h7-8,11-12H,3-6,9-10,13H2,1-2H3,(H2,20,21,23). The molecule has 0 fully saturated rings. The Balaban J connectivity index is 1.54. The van der Waals surface area contributed by atoms with Crippen LogP contribution in [0.3, 0.4) is 0 Å². The quantitative estimate of drug-likeness (QED) is 0.626. The van der Waals surface area contributed by atoms with E-state index in [0.29, 0.717) is 0 Å². The van der Waals surface area contributed by atoms with Crippen LogP contribution in [-0.4, -0.2) is 24.0 Å². The Kier molecular flexibility index (Phi) is 5.86. The summed E-state index contributed by atoms with van der Waals surface area (Å²) < 4.78 is 0. The van der Waals surface area contributed by atoms with Crippen LogP contribution in [0.2, 0.25) is 0 Å². The zero-order chi connectivity index (χ0) is 16.8. The summed E-state index contributed by atoms with van der Waals surface area (Å²) in [5.41, 5.74) is 4.33. The third kappa shape index (κ3) is 4.57. The Morgan fingerprint density at radius 1 is 1.25 bits per heavy atom. The summed E-state index contributed by atoms with van der Waals surface area (Å²) in [6.45, 7) is 6.63. The van der Waals surface area contributed by atoms with Gasteiger partial charge in [-0.05, 0) is 49.8 Å². The maximum Gasteiger partial charge on any atom is 0.191 e. The first kappa shape index (κ1) is 17.0. The topological polar surface area (TPSA) is 49.3 Å². The number of hydrogen-bond acceptors (Lipinski definition) is 3. The second-order valence-corrected chi connectivity index (χ2v) is 7.51. The summed E-state index contributed by atoms with van der Waals surface area (Å²) in [5, 5.41) is 7.90. The molecule has 0 atom stereocenters. The third-order valence-corrected chi connectivity index (χ3v) is 5.20. The van der Waals surface area contributed by atoms with Crippen molar-refractivity contribution in [1.29, 1.82) is 0 Å². The molecule has 0 radical (unpaired) electrons. The molecule has 0 unspecified atom stereocenters. The average Bonchev–Trinajstić information content (AvgIpc) is 3.20. The maximum absolute atomic E-state index is 4.72. The van der Waals surface area contributed by atoms with Gasteiger partial charge in [0.25, 0.3) is 0 Å². The van der Waals surface area contributed by atoms with Crippen LogP contribution < -0.4 is 10.6 Å². The summed E-state index contributed by atoms with van der Waals surface area (Å²) in [6.07, 6.45) is 6.62. The highest BCUT2D eigenvalue weighted by Gasteiger charge is 2.10. The van der Waals surface area contributed by atoms with Crippen molar-refractivity contribution in [2.75, 3.05) is 13.1 Å². The molecule has 5 heteroatoms. The Hall–Kier alpha value is -1.88. The smallest absolute Gasteiger partial charge is 0.191 e. The predicted octanol–water partition coefficient (Wildman–Crippen LogP) is 3.24. The van der Waals surface area contributed by atoms with Crippen molar-refractivity contribution in [3.8, 4) is 0 Å². The van der Waals surface area contributed by atoms with Gasteiger partial charge in [-0.15, -0.1) is 11.3 Å². The number of aromatic nitrogens is 1. The van der Waals surface area contributed by atoms with Gasteiger partial charge in [-0.1, -0.05) is 18.2 Å². The highest BCUT2D eigenvalue weighted by molar-refractivity contribution is 7.11. The molecule has 2 aromatic rings. The zero-order valence-electron chi connectivity index (χ0n) is 14.6. The lowest BCUT2D eigenvalue weighted by Gasteiger charge is -2.11. The fourth-order valence-electron chi connectivity index (χ4n) is 3.04. The number of nitrogens with zero attached hydrogens (tertiary/aromatic N) is 2. The van der Waals surface area contributed by atoms with Crippen molar-refractivity contribution in [3.05, 3.63) is 51.0 Å². The van der Waals surface area contributed by atoms with Gasteiger partial charge < -0.3 is 10.6 Å². The minimum Gasteiger partial charge on any atom is -0.357 e. The largest absolute Gasteiger partial charge is 0.357 e. The van der Waals surface area contributed by atoms with Gasteiger partial charge in [-0.25, -0.2) is 9.98 Å². The monoisotopic (exact) mass is 342 g/mol. The Morgan fingerprint density at radius 3 is 2.92 bits per heavy atom. The summed E-state index contributed by atoms with van der Waals surface area (Å²) in [5.74, 6) is 0.881. The van der Waals surface area contributed by atoms with Gasteiger partial charge in [0.15, 0.2) is 5.96 Å². The fraction of sp³-hybridized carbons (Fsp3) is 0.474. The number of hydrogen-bond donors (Lipinski definition) is 2. The van der Waals surface area contributed by atoms with E-state index < -0.39 is 0 Å². The Labute approximate surface area is 148 Å². The molecule has 0 aliphatic heterocycles. The number of thiazole rings is 1. The van der Waals surface area contributed by atoms with E-state index in [1.807, 2.05) is 6.20 Å². The summed E-state index contributed by atoms with van der Waals surface area (Å²) in [6, 6.07) is 6.82. The van der Waals surface area contributed by atoms with E-state index >= 15 is 0 Å². The number of aryl methyl sites for hydroxylation is 3. The van der Waals surface area contributed by atoms with Crippen LogP contribution in [0.5, 0.6) is 0 Å². The average molecular weight is 343 g/mol. The van der Waals surface area contributed by atoms with Crippen molar-refractivity contribution in [2.45, 2.75) is 46.1 Å². The van der Waals surface area contributed by atoms with E-state index in [2.05, 4.69) is 47.7 Å². The first-order valence-electron chi connectivity index (χ1n) is 8.79. The van der Waals surface area contributed by atoms with Crippen LogP contribution in [-0.2, 0) is 25.8 Å². The Morgan fingerprint density at radius 2 is 2.12 bits per heavy atom. The maximum atomic E-state index is 4.72. The molecule has 24 heavy (non-hydrogen) atoms. The Bertz CT molecular complexity index is 705. The fourth-order valence-corrected chi connectivity index (χ4v) is 3.83. The van der Waals surface area contributed by atoms with E-state index in [4.69, 9.17) is 4.99 Å². The van der Waals surface area contributed by atoms with E-state index in [1.54, 1.807) is 11.3 Å². The molecule has 0 saturated heterocycles. The molecule has 1 heterocycles. The normalized spacial score (nSPS) is 13.8. The van der Waals surface area contributed by atoms with Gasteiger partial charge in [0, 0.05) is 30.6 Å². The first-order chi connectivity index (χ1) is 11.7. The SMILES string of the molecule is CCNC(=NCc1ccc2c(c1)CCC2)NCCc1ncc(C)s1. The van der Waals surface area contributed by atoms with Gasteiger partial charge in [0.05, 0.1) is 11.6 Å². The van der Waals surface area contributed by atoms with Crippen molar-refractivity contribution < 1.29 is 0 Å². The highest BCUT2D eigenvalue weighted by Crippen LogP contribution is 2.23. The first-order valence-corrected chi connectivity index (χ1v) is 9.60. The van der Waals surface area contributed by atoms with E-state index in [-0.39, 0.29) is 0 Å². The number of guanidine groups is 1. The van der Waals surface area contributed by atoms with Crippen LogP contribution in [0, 0.1) is 6.92 Å². The third-order valence-electron chi connectivity index (χ3n) is 4.23. The van der Waals surface area contributed by atoms with Crippen LogP contribution >= 0.6 is 11.3 Å². The van der Waals surface area contributed by atoms with Crippen LogP contribution in [0.25, 0.3) is 0 Å². The van der Waals surface area contributed by atoms with Crippen molar-refractivity contribution >= 4 is 17.3 Å². The minimum atomic E-state index is 0.721. The van der Waals surface area contributed by atoms with Crippen molar-refractivity contribution in [2.24, 2.45) is 4.99 Å². The molecule has 0 spiro atoms. The van der Waals surface area contributed by atoms with E-state index in [0.717, 1.165) is 32.0 Å². The highest BCUT2D eigenvalue weighted by atomic mass is 32.1. The molecule has 1 aromatic heterocycles. The van der Waals surface area contributed by atoms with Gasteiger partial charge in [0.1, 0.15) is 0 Å². The molecule has 0 bridgehead atoms. The van der Waals surface area contributed by atoms with E-state index in [1.165, 1.54) is 45.8 Å². The van der Waals surface area contributed by atoms with Crippen LogP contribution in [0.1, 0.15) is 39.9 Å². The van der Waals surface area contributed by atoms with Crippen molar-refractivity contribution in [3.63, 3.8) is 0 Å². The summed E-state index contributed by atoms with van der Waals surface area (Å²) in [4.78, 5) is 10.4. The number of rotatable bonds is 6. The second kappa shape index (κ2) is 8.29. The van der Waals surface area contributed by atoms with E-state index in [9.17, 15) is 0 Å². The summed E-state index contributed by atoms with van der Waals surface area (Å²) in [7, 11) is 0. The lowest BCUT2D eigenvalue weighted by atomic mass is 10.1. The van der Waals surface area contributed by atoms with Crippen molar-refractivity contribution in [1.82, 2.24) is 15.6 Å². The predicted molar refractivity (Wildman–Crippen MR) is 102 cm³/mol. The van der Waals surface area contributed by atoms with Gasteiger partial charge in [-0.3, -0.25) is 0 Å². The molecule has 0 amide bonds. The lowest BCUT2D eigenvalue weighted by molar-refractivity contribution is 0.796. The summed E-state index contributed by atoms with van der Waals surface area (Å²) >= 11 is 1.76. The number of benzene rings is 1. The molecule has 2 N–H and O–H groups in total. The zero-order valence-corrected chi connectivity index (χ0v) is 15.4. The molecule has 0 saturated carbocycles. The van der Waals surface area contributed by atoms with Gasteiger partial charge in [-0.2, -0.15) is 0 Å².